The van der Waals surface area contributed by atoms with Gasteiger partial charge in [0.05, 0.1) is 25.3 Å². The number of hydrogen-bond acceptors (Lipinski definition) is 7. The Bertz CT molecular complexity index is 1010. The second kappa shape index (κ2) is 10.9. The van der Waals surface area contributed by atoms with Crippen molar-refractivity contribution in [2.75, 3.05) is 14.2 Å². The van der Waals surface area contributed by atoms with E-state index in [1.165, 1.54) is 26.6 Å². The van der Waals surface area contributed by atoms with Gasteiger partial charge in [0.1, 0.15) is 6.10 Å². The molecule has 0 saturated heterocycles. The maximum Gasteiger partial charge on any atom is 0.339 e. The Labute approximate surface area is 176 Å². The lowest BCUT2D eigenvalue weighted by Gasteiger charge is -2.13. The minimum atomic E-state index is -1.06. The smallest absolute Gasteiger partial charge is 0.339 e. The highest BCUT2D eigenvalue weighted by Crippen LogP contribution is 2.23. The van der Waals surface area contributed by atoms with Crippen LogP contribution in [0.25, 0.3) is 6.08 Å². The van der Waals surface area contributed by atoms with Gasteiger partial charge in [-0.15, -0.1) is 6.42 Å². The Morgan fingerprint density at radius 3 is 1.93 bits per heavy atom. The van der Waals surface area contributed by atoms with E-state index < -0.39 is 12.1 Å². The highest BCUT2D eigenvalue weighted by atomic mass is 16.5. The molecule has 0 bridgehead atoms. The first-order valence-corrected chi connectivity index (χ1v) is 9.00. The molecule has 7 nitrogen and oxygen atoms in total. The van der Waals surface area contributed by atoms with Crippen LogP contribution >= 0.6 is 0 Å². The number of aliphatic hydroxyl groups is 1. The average molecular weight is 410 g/mol. The van der Waals surface area contributed by atoms with Gasteiger partial charge in [0, 0.05) is 29.3 Å². The molecule has 0 aliphatic carbocycles. The molecule has 1 N–H and O–H groups in total. The second-order valence-electron chi connectivity index (χ2n) is 6.35. The van der Waals surface area contributed by atoms with Crippen molar-refractivity contribution < 1.29 is 24.2 Å². The van der Waals surface area contributed by atoms with Crippen molar-refractivity contribution in [2.45, 2.75) is 33.8 Å². The fourth-order valence-electron chi connectivity index (χ4n) is 2.91. The SMILES string of the molecule is C#CC(O)c1c(C)ncc(C(=O)OC)c1C.C=Cc1c(C)ncc(C(=O)OC)c1C. The largest absolute Gasteiger partial charge is 0.465 e. The molecule has 0 aliphatic heterocycles. The number of pyridine rings is 2. The topological polar surface area (TPSA) is 98.6 Å². The Kier molecular flexibility index (Phi) is 8.90. The second-order valence-corrected chi connectivity index (χ2v) is 6.35. The number of carbonyl (C=O) groups excluding carboxylic acids is 2. The fraction of sp³-hybridized carbons (Fsp3) is 0.304. The minimum Gasteiger partial charge on any atom is -0.465 e. The van der Waals surface area contributed by atoms with Crippen LogP contribution in [-0.4, -0.2) is 41.2 Å². The third-order valence-electron chi connectivity index (χ3n) is 4.62. The first-order valence-electron chi connectivity index (χ1n) is 9.00. The molecule has 158 valence electrons. The van der Waals surface area contributed by atoms with Crippen LogP contribution in [0.2, 0.25) is 0 Å². The van der Waals surface area contributed by atoms with Gasteiger partial charge in [0.15, 0.2) is 0 Å². The zero-order chi connectivity index (χ0) is 23.0. The van der Waals surface area contributed by atoms with E-state index in [4.69, 9.17) is 6.42 Å². The number of rotatable bonds is 4. The molecule has 30 heavy (non-hydrogen) atoms. The zero-order valence-electron chi connectivity index (χ0n) is 18.1. The van der Waals surface area contributed by atoms with Gasteiger partial charge in [0.2, 0.25) is 0 Å². The van der Waals surface area contributed by atoms with Gasteiger partial charge in [-0.05, 0) is 44.4 Å². The van der Waals surface area contributed by atoms with E-state index in [9.17, 15) is 14.7 Å². The normalized spacial score (nSPS) is 10.7. The summed E-state index contributed by atoms with van der Waals surface area (Å²) in [7, 11) is 2.65. The lowest BCUT2D eigenvalue weighted by Crippen LogP contribution is -2.11. The molecule has 0 amide bonds. The standard InChI is InChI=1S/C12H13NO3.C11H13NO2/c1-5-10(14)11-7(2)9(12(15)16-4)6-13-8(11)3;1-5-9-7(2)10(11(13)14-4)6-12-8(9)3/h1,6,10,14H,2-4H3;5-6H,1H2,2-4H3. The Hall–Kier alpha value is -3.50. The van der Waals surface area contributed by atoms with E-state index in [1.807, 2.05) is 13.8 Å². The number of esters is 2. The first kappa shape index (κ1) is 24.5. The molecule has 1 unspecified atom stereocenters. The first-order chi connectivity index (χ1) is 14.1. The highest BCUT2D eigenvalue weighted by molar-refractivity contribution is 5.92. The van der Waals surface area contributed by atoms with Crippen LogP contribution in [0.5, 0.6) is 0 Å². The average Bonchev–Trinajstić information content (AvgIpc) is 2.73. The Morgan fingerprint density at radius 1 is 1.03 bits per heavy atom. The van der Waals surface area contributed by atoms with Crippen molar-refractivity contribution in [3.63, 3.8) is 0 Å². The third-order valence-corrected chi connectivity index (χ3v) is 4.62. The van der Waals surface area contributed by atoms with Crippen molar-refractivity contribution in [1.29, 1.82) is 0 Å². The van der Waals surface area contributed by atoms with E-state index in [0.29, 0.717) is 27.9 Å². The summed E-state index contributed by atoms with van der Waals surface area (Å²) in [5.41, 5.74) is 5.13. The van der Waals surface area contributed by atoms with Crippen molar-refractivity contribution >= 4 is 18.0 Å². The lowest BCUT2D eigenvalue weighted by molar-refractivity contribution is 0.0590. The highest BCUT2D eigenvalue weighted by Gasteiger charge is 2.19. The molecule has 7 heteroatoms. The number of aromatic nitrogens is 2. The number of terminal acetylenes is 1. The molecular weight excluding hydrogens is 384 g/mol. The maximum absolute atomic E-state index is 11.4. The predicted octanol–water partition coefficient (Wildman–Crippen LogP) is 3.28. The van der Waals surface area contributed by atoms with E-state index in [-0.39, 0.29) is 5.97 Å². The van der Waals surface area contributed by atoms with Crippen LogP contribution in [0.4, 0.5) is 0 Å². The minimum absolute atomic E-state index is 0.317. The van der Waals surface area contributed by atoms with Crippen LogP contribution in [0.15, 0.2) is 19.0 Å². The molecule has 1 atom stereocenters. The summed E-state index contributed by atoms with van der Waals surface area (Å²) in [4.78, 5) is 30.9. The van der Waals surface area contributed by atoms with E-state index in [0.717, 1.165) is 16.8 Å². The van der Waals surface area contributed by atoms with Gasteiger partial charge < -0.3 is 14.6 Å². The van der Waals surface area contributed by atoms with Crippen molar-refractivity contribution in [2.24, 2.45) is 0 Å². The van der Waals surface area contributed by atoms with Gasteiger partial charge in [-0.3, -0.25) is 9.97 Å². The van der Waals surface area contributed by atoms with Crippen LogP contribution in [0, 0.1) is 40.0 Å². The van der Waals surface area contributed by atoms with Gasteiger partial charge in [0.25, 0.3) is 0 Å². The quantitative estimate of drug-likeness (QED) is 0.610. The molecule has 2 aromatic rings. The lowest BCUT2D eigenvalue weighted by atomic mass is 9.99. The molecule has 0 aliphatic rings. The summed E-state index contributed by atoms with van der Waals surface area (Å²) in [6.45, 7) is 10.9. The molecule has 2 heterocycles. The number of hydrogen-bond donors (Lipinski definition) is 1. The van der Waals surface area contributed by atoms with Crippen molar-refractivity contribution in [3.8, 4) is 12.3 Å². The summed E-state index contributed by atoms with van der Waals surface area (Å²) in [6, 6.07) is 0. The summed E-state index contributed by atoms with van der Waals surface area (Å²) in [5.74, 6) is 1.36. The molecule has 0 spiro atoms. The number of ether oxygens (including phenoxy) is 2. The number of aryl methyl sites for hydroxylation is 2. The summed E-state index contributed by atoms with van der Waals surface area (Å²) >= 11 is 0. The summed E-state index contributed by atoms with van der Waals surface area (Å²) in [5, 5.41) is 9.64. The molecule has 0 fully saturated rings. The predicted molar refractivity (Wildman–Crippen MR) is 114 cm³/mol. The van der Waals surface area contributed by atoms with E-state index in [1.54, 1.807) is 19.9 Å². The number of aliphatic hydroxyl groups excluding tert-OH is 1. The fourth-order valence-corrected chi connectivity index (χ4v) is 2.91. The van der Waals surface area contributed by atoms with Crippen LogP contribution in [-0.2, 0) is 9.47 Å². The number of nitrogens with zero attached hydrogens (tertiary/aromatic N) is 2. The molecule has 2 rings (SSSR count). The zero-order valence-corrected chi connectivity index (χ0v) is 18.1. The van der Waals surface area contributed by atoms with Crippen LogP contribution in [0.1, 0.15) is 60.5 Å². The van der Waals surface area contributed by atoms with Crippen molar-refractivity contribution in [1.82, 2.24) is 9.97 Å². The summed E-state index contributed by atoms with van der Waals surface area (Å²) in [6.07, 6.45) is 8.75. The van der Waals surface area contributed by atoms with Gasteiger partial charge >= 0.3 is 11.9 Å². The van der Waals surface area contributed by atoms with Gasteiger partial charge in [-0.25, -0.2) is 9.59 Å². The van der Waals surface area contributed by atoms with Crippen molar-refractivity contribution in [3.05, 3.63) is 63.7 Å². The molecule has 2 aromatic heterocycles. The molecular formula is C23H26N2O5. The summed E-state index contributed by atoms with van der Waals surface area (Å²) < 4.78 is 9.26. The van der Waals surface area contributed by atoms with Gasteiger partial charge in [-0.2, -0.15) is 0 Å². The van der Waals surface area contributed by atoms with E-state index >= 15 is 0 Å². The molecule has 0 aromatic carbocycles. The van der Waals surface area contributed by atoms with Gasteiger partial charge in [-0.1, -0.05) is 18.6 Å². The molecule has 0 saturated carbocycles. The monoisotopic (exact) mass is 410 g/mol. The van der Waals surface area contributed by atoms with Crippen LogP contribution < -0.4 is 0 Å². The third kappa shape index (κ3) is 5.31. The maximum atomic E-state index is 11.4. The van der Waals surface area contributed by atoms with Crippen LogP contribution in [0.3, 0.4) is 0 Å². The Morgan fingerprint density at radius 2 is 1.50 bits per heavy atom. The number of methoxy groups -OCH3 is 2. The Balaban J connectivity index is 0.000000303. The molecule has 0 radical (unpaired) electrons. The number of carbonyl (C=O) groups is 2. The van der Waals surface area contributed by atoms with E-state index in [2.05, 4.69) is 31.9 Å².